The molecule has 0 bridgehead atoms. The van der Waals surface area contributed by atoms with Gasteiger partial charge in [0.15, 0.2) is 5.78 Å². The second-order valence-corrected chi connectivity index (χ2v) is 9.26. The third-order valence-electron chi connectivity index (χ3n) is 4.86. The Labute approximate surface area is 188 Å². The van der Waals surface area contributed by atoms with Crippen molar-refractivity contribution in [3.8, 4) is 0 Å². The van der Waals surface area contributed by atoms with E-state index in [-0.39, 0.29) is 30.4 Å². The number of aryl methyl sites for hydroxylation is 1. The maximum absolute atomic E-state index is 13.2. The number of sulfonamides is 1. The number of ketones is 1. The lowest BCUT2D eigenvalue weighted by Crippen LogP contribution is -2.34. The Bertz CT molecular complexity index is 1140. The Balaban J connectivity index is 1.67. The van der Waals surface area contributed by atoms with E-state index in [1.165, 1.54) is 4.31 Å². The molecule has 6 nitrogen and oxygen atoms in total. The molecule has 32 heavy (non-hydrogen) atoms. The fourth-order valence-corrected chi connectivity index (χ4v) is 4.51. The molecule has 3 rings (SSSR count). The molecule has 0 saturated carbocycles. The molecule has 0 amide bonds. The zero-order chi connectivity index (χ0) is 23.0. The lowest BCUT2D eigenvalue weighted by molar-refractivity contribution is -0.142. The first-order valence-corrected chi connectivity index (χ1v) is 11.6. The van der Waals surface area contributed by atoms with Gasteiger partial charge in [-0.05, 0) is 24.6 Å². The molecule has 0 aliphatic rings. The molecule has 0 aromatic heterocycles. The number of esters is 1. The van der Waals surface area contributed by atoms with E-state index in [0.717, 1.165) is 11.1 Å². The van der Waals surface area contributed by atoms with E-state index in [4.69, 9.17) is 4.74 Å². The van der Waals surface area contributed by atoms with Crippen LogP contribution in [0.3, 0.4) is 0 Å². The van der Waals surface area contributed by atoms with E-state index in [0.29, 0.717) is 5.56 Å². The molecule has 0 heterocycles. The number of carbonyl (C=O) groups is 2. The quantitative estimate of drug-likeness (QED) is 0.264. The van der Waals surface area contributed by atoms with Crippen LogP contribution in [0, 0.1) is 6.92 Å². The first kappa shape index (κ1) is 23.4. The Morgan fingerprint density at radius 1 is 0.844 bits per heavy atom. The molecule has 3 aromatic carbocycles. The first-order chi connectivity index (χ1) is 15.4. The van der Waals surface area contributed by atoms with E-state index in [1.807, 2.05) is 37.3 Å². The first-order valence-electron chi connectivity index (χ1n) is 10.2. The third kappa shape index (κ3) is 6.35. The van der Waals surface area contributed by atoms with Crippen LogP contribution in [-0.4, -0.2) is 37.6 Å². The minimum Gasteiger partial charge on any atom is -0.464 e. The highest BCUT2D eigenvalue weighted by Crippen LogP contribution is 2.19. The zero-order valence-electron chi connectivity index (χ0n) is 17.8. The fourth-order valence-electron chi connectivity index (χ4n) is 3.10. The second kappa shape index (κ2) is 10.8. The highest BCUT2D eigenvalue weighted by atomic mass is 32.2. The number of rotatable bonds is 10. The van der Waals surface area contributed by atoms with Gasteiger partial charge in [0.2, 0.25) is 10.0 Å². The SMILES string of the molecule is Cc1ccc(S(=O)(=O)N(CCOC(=O)CC(=O)c2ccccc2)Cc2ccccc2)cc1. The summed E-state index contributed by atoms with van der Waals surface area (Å²) in [4.78, 5) is 24.4. The van der Waals surface area contributed by atoms with Crippen LogP contribution in [0.25, 0.3) is 0 Å². The molecule has 0 N–H and O–H groups in total. The van der Waals surface area contributed by atoms with Crippen molar-refractivity contribution in [2.75, 3.05) is 13.2 Å². The summed E-state index contributed by atoms with van der Waals surface area (Å²) >= 11 is 0. The standard InChI is InChI=1S/C25H25NO5S/c1-20-12-14-23(15-13-20)32(29,30)26(19-21-8-4-2-5-9-21)16-17-31-25(28)18-24(27)22-10-6-3-7-11-22/h2-15H,16-19H2,1H3. The van der Waals surface area contributed by atoms with Gasteiger partial charge < -0.3 is 4.74 Å². The van der Waals surface area contributed by atoms with Gasteiger partial charge in [-0.1, -0.05) is 78.4 Å². The van der Waals surface area contributed by atoms with Crippen LogP contribution in [-0.2, 0) is 26.1 Å². The summed E-state index contributed by atoms with van der Waals surface area (Å²) in [5.41, 5.74) is 2.20. The predicted octanol–water partition coefficient (Wildman–Crippen LogP) is 4.00. The summed E-state index contributed by atoms with van der Waals surface area (Å²) in [5.74, 6) is -1.03. The molecule has 3 aromatic rings. The predicted molar refractivity (Wildman–Crippen MR) is 122 cm³/mol. The third-order valence-corrected chi connectivity index (χ3v) is 6.72. The molecule has 0 unspecified atom stereocenters. The number of ether oxygens (including phenoxy) is 1. The summed E-state index contributed by atoms with van der Waals surface area (Å²) in [6.07, 6.45) is -0.395. The van der Waals surface area contributed by atoms with E-state index >= 15 is 0 Å². The van der Waals surface area contributed by atoms with Gasteiger partial charge >= 0.3 is 5.97 Å². The maximum atomic E-state index is 13.2. The van der Waals surface area contributed by atoms with Crippen LogP contribution in [0.2, 0.25) is 0 Å². The molecule has 7 heteroatoms. The second-order valence-electron chi connectivity index (χ2n) is 7.32. The van der Waals surface area contributed by atoms with Gasteiger partial charge in [0, 0.05) is 18.7 Å². The van der Waals surface area contributed by atoms with Gasteiger partial charge in [0.1, 0.15) is 13.0 Å². The van der Waals surface area contributed by atoms with Gasteiger partial charge in [-0.3, -0.25) is 9.59 Å². The molecular formula is C25H25NO5S. The Morgan fingerprint density at radius 2 is 1.44 bits per heavy atom. The molecule has 166 valence electrons. The number of Topliss-reactive ketones (excluding diaryl/α,β-unsaturated/α-hetero) is 1. The normalized spacial score (nSPS) is 11.3. The fraction of sp³-hybridized carbons (Fsp3) is 0.200. The zero-order valence-corrected chi connectivity index (χ0v) is 18.6. The number of nitrogens with zero attached hydrogens (tertiary/aromatic N) is 1. The van der Waals surface area contributed by atoms with E-state index in [1.54, 1.807) is 54.6 Å². The highest BCUT2D eigenvalue weighted by molar-refractivity contribution is 7.89. The summed E-state index contributed by atoms with van der Waals surface area (Å²) in [7, 11) is -3.80. The summed E-state index contributed by atoms with van der Waals surface area (Å²) < 4.78 is 32.9. The molecule has 0 fully saturated rings. The summed E-state index contributed by atoms with van der Waals surface area (Å²) in [5, 5.41) is 0. The van der Waals surface area contributed by atoms with Crippen molar-refractivity contribution < 1.29 is 22.7 Å². The van der Waals surface area contributed by atoms with E-state index < -0.39 is 22.4 Å². The molecule has 0 saturated heterocycles. The average Bonchev–Trinajstić information content (AvgIpc) is 2.80. The van der Waals surface area contributed by atoms with Crippen LogP contribution in [0.4, 0.5) is 0 Å². The van der Waals surface area contributed by atoms with Crippen LogP contribution in [0.15, 0.2) is 89.8 Å². The van der Waals surface area contributed by atoms with Gasteiger partial charge in [0.25, 0.3) is 0 Å². The van der Waals surface area contributed by atoms with Crippen LogP contribution >= 0.6 is 0 Å². The number of hydrogen-bond acceptors (Lipinski definition) is 5. The maximum Gasteiger partial charge on any atom is 0.313 e. The minimum absolute atomic E-state index is 0.0314. The highest BCUT2D eigenvalue weighted by Gasteiger charge is 2.25. The Hall–Kier alpha value is -3.29. The van der Waals surface area contributed by atoms with E-state index in [2.05, 4.69) is 0 Å². The van der Waals surface area contributed by atoms with Crippen molar-refractivity contribution in [3.05, 3.63) is 102 Å². The van der Waals surface area contributed by atoms with Crippen molar-refractivity contribution >= 4 is 21.8 Å². The molecule has 0 radical (unpaired) electrons. The van der Waals surface area contributed by atoms with Gasteiger partial charge in [-0.15, -0.1) is 0 Å². The molecule has 0 spiro atoms. The van der Waals surface area contributed by atoms with Crippen molar-refractivity contribution in [2.24, 2.45) is 0 Å². The molecule has 0 aliphatic heterocycles. The van der Waals surface area contributed by atoms with E-state index in [9.17, 15) is 18.0 Å². The molecule has 0 atom stereocenters. The average molecular weight is 452 g/mol. The monoisotopic (exact) mass is 451 g/mol. The number of hydrogen-bond donors (Lipinski definition) is 0. The topological polar surface area (TPSA) is 80.8 Å². The lowest BCUT2D eigenvalue weighted by atomic mass is 10.1. The Kier molecular flexibility index (Phi) is 7.92. The Morgan fingerprint density at radius 3 is 2.06 bits per heavy atom. The van der Waals surface area contributed by atoms with Gasteiger partial charge in [-0.25, -0.2) is 8.42 Å². The minimum atomic E-state index is -3.80. The van der Waals surface area contributed by atoms with Crippen molar-refractivity contribution in [1.29, 1.82) is 0 Å². The van der Waals surface area contributed by atoms with Crippen LogP contribution < -0.4 is 0 Å². The largest absolute Gasteiger partial charge is 0.464 e. The summed E-state index contributed by atoms with van der Waals surface area (Å²) in [6, 6.07) is 24.3. The van der Waals surface area contributed by atoms with Crippen molar-refractivity contribution in [1.82, 2.24) is 4.31 Å². The lowest BCUT2D eigenvalue weighted by Gasteiger charge is -2.22. The molecular weight excluding hydrogens is 426 g/mol. The van der Waals surface area contributed by atoms with Gasteiger partial charge in [0.05, 0.1) is 4.90 Å². The number of benzene rings is 3. The van der Waals surface area contributed by atoms with Crippen LogP contribution in [0.1, 0.15) is 27.9 Å². The van der Waals surface area contributed by atoms with Crippen LogP contribution in [0.5, 0.6) is 0 Å². The van der Waals surface area contributed by atoms with Gasteiger partial charge in [-0.2, -0.15) is 4.31 Å². The number of carbonyl (C=O) groups excluding carboxylic acids is 2. The smallest absolute Gasteiger partial charge is 0.313 e. The summed E-state index contributed by atoms with van der Waals surface area (Å²) in [6.45, 7) is 1.83. The van der Waals surface area contributed by atoms with Crippen molar-refractivity contribution in [3.63, 3.8) is 0 Å². The molecule has 0 aliphatic carbocycles. The van der Waals surface area contributed by atoms with Crippen molar-refractivity contribution in [2.45, 2.75) is 24.8 Å².